The van der Waals surface area contributed by atoms with Crippen molar-refractivity contribution in [3.8, 4) is 5.69 Å². The lowest BCUT2D eigenvalue weighted by atomic mass is 9.90. The van der Waals surface area contributed by atoms with Crippen LogP contribution in [0.25, 0.3) is 5.69 Å². The summed E-state index contributed by atoms with van der Waals surface area (Å²) < 4.78 is 59.1. The van der Waals surface area contributed by atoms with Crippen molar-refractivity contribution >= 4 is 29.4 Å². The summed E-state index contributed by atoms with van der Waals surface area (Å²) in [4.78, 5) is 43.2. The van der Waals surface area contributed by atoms with Gasteiger partial charge in [-0.1, -0.05) is 22.9 Å². The molecule has 1 atom stereocenters. The molecule has 4 rings (SSSR count). The van der Waals surface area contributed by atoms with Gasteiger partial charge in [0.15, 0.2) is 5.15 Å². The highest BCUT2D eigenvalue weighted by Gasteiger charge is 2.51. The molecule has 208 valence electrons. The fourth-order valence-corrected chi connectivity index (χ4v) is 4.04. The Bertz CT molecular complexity index is 1370. The number of nitrogens with zero attached hydrogens (tertiary/aromatic N) is 6. The zero-order chi connectivity index (χ0) is 29.0. The summed E-state index contributed by atoms with van der Waals surface area (Å²) in [6.07, 6.45) is -4.43. The van der Waals surface area contributed by atoms with Crippen LogP contribution in [0.4, 0.5) is 22.0 Å². The fourth-order valence-electron chi connectivity index (χ4n) is 3.83. The van der Waals surface area contributed by atoms with Crippen LogP contribution in [0.15, 0.2) is 42.7 Å². The molecule has 1 saturated heterocycles. The molecular weight excluding hydrogens is 559 g/mol. The Balaban J connectivity index is 0.000000532. The predicted octanol–water partition coefficient (Wildman–Crippen LogP) is 3.58. The molecule has 1 aliphatic heterocycles. The Morgan fingerprint density at radius 1 is 1.13 bits per heavy atom. The smallest absolute Gasteiger partial charge is 0.479 e. The summed E-state index contributed by atoms with van der Waals surface area (Å²) >= 11 is 6.08. The molecule has 2 N–H and O–H groups in total. The first-order valence-corrected chi connectivity index (χ1v) is 11.3. The van der Waals surface area contributed by atoms with Gasteiger partial charge in [0.1, 0.15) is 22.6 Å². The molecule has 11 nitrogen and oxygen atoms in total. The van der Waals surface area contributed by atoms with Crippen LogP contribution in [0.5, 0.6) is 0 Å². The maximum atomic E-state index is 13.1. The number of pyridine rings is 2. The average molecular weight is 577 g/mol. The molecule has 17 heteroatoms. The van der Waals surface area contributed by atoms with Gasteiger partial charge in [-0.15, -0.1) is 5.10 Å². The zero-order valence-electron chi connectivity index (χ0n) is 19.5. The number of carboxylic acid groups (broad SMARTS) is 2. The molecule has 4 heterocycles. The van der Waals surface area contributed by atoms with Crippen molar-refractivity contribution in [3.05, 3.63) is 65.0 Å². The van der Waals surface area contributed by atoms with Gasteiger partial charge in [0.05, 0.1) is 11.9 Å². The highest BCUT2D eigenvalue weighted by molar-refractivity contribution is 6.31. The van der Waals surface area contributed by atoms with E-state index in [9.17, 15) is 36.6 Å². The molecule has 1 aliphatic rings. The second-order valence-corrected chi connectivity index (χ2v) is 8.45. The van der Waals surface area contributed by atoms with E-state index in [4.69, 9.17) is 21.5 Å². The Labute approximate surface area is 220 Å². The van der Waals surface area contributed by atoms with Crippen LogP contribution in [0.1, 0.15) is 41.1 Å². The number of aromatic nitrogens is 5. The number of halogens is 6. The maximum absolute atomic E-state index is 13.1. The van der Waals surface area contributed by atoms with E-state index < -0.39 is 41.7 Å². The first-order chi connectivity index (χ1) is 18.3. The summed E-state index contributed by atoms with van der Waals surface area (Å²) in [6.45, 7) is 0.147. The van der Waals surface area contributed by atoms with Gasteiger partial charge in [-0.05, 0) is 37.1 Å². The molecule has 1 amide bonds. The summed E-state index contributed by atoms with van der Waals surface area (Å²) in [5.41, 5.74) is -1.61. The third-order valence-electron chi connectivity index (χ3n) is 5.59. The van der Waals surface area contributed by atoms with Gasteiger partial charge in [-0.2, -0.15) is 13.2 Å². The molecule has 0 aromatic carbocycles. The molecule has 0 radical (unpaired) electrons. The number of carbonyl (C=O) groups excluding carboxylic acids is 1. The third kappa shape index (κ3) is 6.63. The van der Waals surface area contributed by atoms with E-state index in [1.165, 1.54) is 34.1 Å². The standard InChI is InChI=1S/C20H17ClF2N6O3.C2HF3O2/c21-16-15(6-2-8-24-16)29-11-12(26-27-29)10-20(19(31)32)7-3-9-28(20)18(30)14-5-1-4-13(25-14)17(22)23;3-2(4,5)1(6)7/h1-2,4-6,8,11,17H,3,7,9-10H2,(H,31,32);(H,6,7). The monoisotopic (exact) mass is 576 g/mol. The second-order valence-electron chi connectivity index (χ2n) is 8.09. The normalized spacial score (nSPS) is 17.1. The molecule has 1 fully saturated rings. The number of carbonyl (C=O) groups is 3. The van der Waals surface area contributed by atoms with Gasteiger partial charge in [0.2, 0.25) is 0 Å². The van der Waals surface area contributed by atoms with Crippen molar-refractivity contribution in [2.45, 2.75) is 37.4 Å². The quantitative estimate of drug-likeness (QED) is 0.331. The number of carboxylic acids is 2. The van der Waals surface area contributed by atoms with Gasteiger partial charge in [0, 0.05) is 19.2 Å². The Morgan fingerprint density at radius 2 is 1.82 bits per heavy atom. The minimum absolute atomic E-state index is 0.125. The maximum Gasteiger partial charge on any atom is 0.490 e. The average Bonchev–Trinajstić information content (AvgIpc) is 3.52. The highest BCUT2D eigenvalue weighted by Crippen LogP contribution is 2.34. The summed E-state index contributed by atoms with van der Waals surface area (Å²) in [6, 6.07) is 7.04. The molecule has 3 aromatic rings. The number of hydrogen-bond donors (Lipinski definition) is 2. The number of aliphatic carboxylic acids is 2. The van der Waals surface area contributed by atoms with Crippen molar-refractivity contribution in [2.24, 2.45) is 0 Å². The van der Waals surface area contributed by atoms with Crippen molar-refractivity contribution in [3.63, 3.8) is 0 Å². The number of likely N-dealkylation sites (tertiary alicyclic amines) is 1. The van der Waals surface area contributed by atoms with E-state index in [2.05, 4.69) is 20.3 Å². The topological polar surface area (TPSA) is 151 Å². The molecule has 39 heavy (non-hydrogen) atoms. The Morgan fingerprint density at radius 3 is 2.41 bits per heavy atom. The molecule has 1 unspecified atom stereocenters. The number of hydrogen-bond acceptors (Lipinski definition) is 7. The lowest BCUT2D eigenvalue weighted by Crippen LogP contribution is -2.54. The molecule has 0 aliphatic carbocycles. The van der Waals surface area contributed by atoms with Crippen molar-refractivity contribution in [2.75, 3.05) is 6.54 Å². The van der Waals surface area contributed by atoms with E-state index in [0.717, 1.165) is 6.07 Å². The van der Waals surface area contributed by atoms with Crippen LogP contribution in [0.2, 0.25) is 5.15 Å². The Hall–Kier alpha value is -4.21. The fraction of sp³-hybridized carbons (Fsp3) is 0.318. The van der Waals surface area contributed by atoms with Crippen molar-refractivity contribution in [1.82, 2.24) is 29.9 Å². The molecule has 0 saturated carbocycles. The van der Waals surface area contributed by atoms with Crippen LogP contribution in [0, 0.1) is 0 Å². The minimum atomic E-state index is -5.08. The van der Waals surface area contributed by atoms with E-state index in [-0.39, 0.29) is 30.2 Å². The summed E-state index contributed by atoms with van der Waals surface area (Å²) in [7, 11) is 0. The second kappa shape index (κ2) is 11.7. The molecular formula is C22H18ClF5N6O5. The summed E-state index contributed by atoms with van der Waals surface area (Å²) in [5.74, 6) is -4.70. The van der Waals surface area contributed by atoms with Gasteiger partial charge in [-0.3, -0.25) is 4.79 Å². The van der Waals surface area contributed by atoms with E-state index in [0.29, 0.717) is 17.8 Å². The van der Waals surface area contributed by atoms with Crippen LogP contribution in [-0.2, 0) is 16.0 Å². The SMILES string of the molecule is O=C(O)C(F)(F)F.O=C(c1cccc(C(F)F)n1)N1CCCC1(Cc1cn(-c2cccnc2Cl)nn1)C(=O)O. The number of amides is 1. The van der Waals surface area contributed by atoms with E-state index in [1.807, 2.05) is 0 Å². The lowest BCUT2D eigenvalue weighted by molar-refractivity contribution is -0.192. The molecule has 3 aromatic heterocycles. The van der Waals surface area contributed by atoms with Crippen LogP contribution in [0.3, 0.4) is 0 Å². The first-order valence-electron chi connectivity index (χ1n) is 10.9. The third-order valence-corrected chi connectivity index (χ3v) is 5.88. The Kier molecular flexibility index (Phi) is 8.78. The molecule has 0 spiro atoms. The lowest BCUT2D eigenvalue weighted by Gasteiger charge is -2.34. The number of alkyl halides is 5. The van der Waals surface area contributed by atoms with E-state index in [1.54, 1.807) is 12.1 Å². The van der Waals surface area contributed by atoms with E-state index >= 15 is 0 Å². The summed E-state index contributed by atoms with van der Waals surface area (Å²) in [5, 5.41) is 25.4. The van der Waals surface area contributed by atoms with Crippen LogP contribution < -0.4 is 0 Å². The largest absolute Gasteiger partial charge is 0.490 e. The molecule has 0 bridgehead atoms. The highest BCUT2D eigenvalue weighted by atomic mass is 35.5. The van der Waals surface area contributed by atoms with Gasteiger partial charge >= 0.3 is 18.1 Å². The van der Waals surface area contributed by atoms with Gasteiger partial charge in [-0.25, -0.2) is 33.0 Å². The van der Waals surface area contributed by atoms with Crippen LogP contribution >= 0.6 is 11.6 Å². The minimum Gasteiger partial charge on any atom is -0.479 e. The van der Waals surface area contributed by atoms with Gasteiger partial charge < -0.3 is 15.1 Å². The predicted molar refractivity (Wildman–Crippen MR) is 121 cm³/mol. The zero-order valence-corrected chi connectivity index (χ0v) is 20.3. The first kappa shape index (κ1) is 29.3. The van der Waals surface area contributed by atoms with Crippen molar-refractivity contribution in [1.29, 1.82) is 0 Å². The van der Waals surface area contributed by atoms with Crippen LogP contribution in [-0.4, -0.2) is 76.2 Å². The van der Waals surface area contributed by atoms with Gasteiger partial charge in [0.25, 0.3) is 12.3 Å². The number of rotatable bonds is 6. The van der Waals surface area contributed by atoms with Crippen molar-refractivity contribution < 1.29 is 46.5 Å².